The maximum absolute atomic E-state index is 13.0. The van der Waals surface area contributed by atoms with E-state index in [9.17, 15) is 4.79 Å². The Labute approximate surface area is 183 Å². The molecule has 6 nitrogen and oxygen atoms in total. The number of carbonyl (C=O) groups is 1. The highest BCUT2D eigenvalue weighted by Gasteiger charge is 2.35. The molecule has 0 fully saturated rings. The maximum atomic E-state index is 13.0. The second-order valence-electron chi connectivity index (χ2n) is 8.78. The van der Waals surface area contributed by atoms with Gasteiger partial charge in [-0.15, -0.1) is 0 Å². The molecule has 1 aliphatic rings. The SMILES string of the molecule is COc1ccc2c(c1)[C@@H](NC(=O)c1ccc(Cn3nc(C)cc3C)cc1)CC(C)(C)O2. The maximum Gasteiger partial charge on any atom is 0.251 e. The Hall–Kier alpha value is -3.28. The van der Waals surface area contributed by atoms with E-state index in [1.165, 1.54) is 0 Å². The molecule has 1 aliphatic heterocycles. The number of aryl methyl sites for hydroxylation is 2. The molecule has 2 aromatic carbocycles. The summed E-state index contributed by atoms with van der Waals surface area (Å²) in [5, 5.41) is 7.69. The van der Waals surface area contributed by atoms with Gasteiger partial charge in [0.15, 0.2) is 0 Å². The fourth-order valence-electron chi connectivity index (χ4n) is 4.10. The Bertz CT molecular complexity index is 1100. The van der Waals surface area contributed by atoms with E-state index in [1.54, 1.807) is 7.11 Å². The van der Waals surface area contributed by atoms with Crippen LogP contribution in [-0.2, 0) is 6.54 Å². The van der Waals surface area contributed by atoms with E-state index in [-0.39, 0.29) is 17.6 Å². The third-order valence-corrected chi connectivity index (χ3v) is 5.63. The zero-order valence-corrected chi connectivity index (χ0v) is 18.7. The molecule has 162 valence electrons. The molecule has 1 amide bonds. The number of aromatic nitrogens is 2. The molecule has 3 aromatic rings. The van der Waals surface area contributed by atoms with E-state index in [1.807, 2.05) is 74.8 Å². The number of benzene rings is 2. The molecule has 0 bridgehead atoms. The number of nitrogens with one attached hydrogen (secondary N) is 1. The lowest BCUT2D eigenvalue weighted by Crippen LogP contribution is -2.41. The first-order chi connectivity index (χ1) is 14.7. The summed E-state index contributed by atoms with van der Waals surface area (Å²) in [6, 6.07) is 15.3. The molecule has 1 atom stereocenters. The monoisotopic (exact) mass is 419 g/mol. The summed E-state index contributed by atoms with van der Waals surface area (Å²) < 4.78 is 13.4. The number of fused-ring (bicyclic) bond motifs is 1. The molecule has 0 radical (unpaired) electrons. The Morgan fingerprint density at radius 3 is 2.58 bits per heavy atom. The van der Waals surface area contributed by atoms with Gasteiger partial charge in [-0.1, -0.05) is 12.1 Å². The summed E-state index contributed by atoms with van der Waals surface area (Å²) >= 11 is 0. The third-order valence-electron chi connectivity index (χ3n) is 5.63. The van der Waals surface area contributed by atoms with Gasteiger partial charge in [0, 0.05) is 23.2 Å². The smallest absolute Gasteiger partial charge is 0.251 e. The van der Waals surface area contributed by atoms with E-state index < -0.39 is 0 Å². The average Bonchev–Trinajstić information content (AvgIpc) is 3.04. The first-order valence-corrected chi connectivity index (χ1v) is 10.5. The zero-order chi connectivity index (χ0) is 22.2. The van der Waals surface area contributed by atoms with Crippen LogP contribution in [-0.4, -0.2) is 28.4 Å². The van der Waals surface area contributed by atoms with Gasteiger partial charge in [-0.2, -0.15) is 5.10 Å². The quantitative estimate of drug-likeness (QED) is 0.657. The van der Waals surface area contributed by atoms with Gasteiger partial charge in [0.1, 0.15) is 17.1 Å². The fraction of sp³-hybridized carbons (Fsp3) is 0.360. The van der Waals surface area contributed by atoms with Crippen LogP contribution < -0.4 is 14.8 Å². The van der Waals surface area contributed by atoms with Gasteiger partial charge in [-0.3, -0.25) is 9.48 Å². The van der Waals surface area contributed by atoms with Crippen molar-refractivity contribution in [2.75, 3.05) is 7.11 Å². The minimum absolute atomic E-state index is 0.103. The minimum Gasteiger partial charge on any atom is -0.497 e. The predicted octanol–water partition coefficient (Wildman–Crippen LogP) is 4.59. The molecule has 0 saturated carbocycles. The van der Waals surface area contributed by atoms with Gasteiger partial charge in [0.2, 0.25) is 0 Å². The summed E-state index contributed by atoms with van der Waals surface area (Å²) in [6.45, 7) is 8.79. The van der Waals surface area contributed by atoms with Crippen LogP contribution in [0.4, 0.5) is 0 Å². The van der Waals surface area contributed by atoms with Crippen LogP contribution in [0, 0.1) is 13.8 Å². The van der Waals surface area contributed by atoms with Crippen LogP contribution in [0.15, 0.2) is 48.5 Å². The number of carbonyl (C=O) groups excluding carboxylic acids is 1. The second-order valence-corrected chi connectivity index (χ2v) is 8.78. The highest BCUT2D eigenvalue weighted by molar-refractivity contribution is 5.94. The van der Waals surface area contributed by atoms with Crippen LogP contribution in [0.2, 0.25) is 0 Å². The van der Waals surface area contributed by atoms with Crippen molar-refractivity contribution >= 4 is 5.91 Å². The fourth-order valence-corrected chi connectivity index (χ4v) is 4.10. The van der Waals surface area contributed by atoms with Crippen molar-refractivity contribution in [1.82, 2.24) is 15.1 Å². The van der Waals surface area contributed by atoms with Crippen molar-refractivity contribution in [2.24, 2.45) is 0 Å². The van der Waals surface area contributed by atoms with Gasteiger partial charge in [0.25, 0.3) is 5.91 Å². The van der Waals surface area contributed by atoms with E-state index in [0.717, 1.165) is 34.0 Å². The largest absolute Gasteiger partial charge is 0.497 e. The Balaban J connectivity index is 1.51. The predicted molar refractivity (Wildman–Crippen MR) is 120 cm³/mol. The van der Waals surface area contributed by atoms with Crippen molar-refractivity contribution in [2.45, 2.75) is 52.3 Å². The molecular formula is C25H29N3O3. The van der Waals surface area contributed by atoms with E-state index >= 15 is 0 Å². The Morgan fingerprint density at radius 1 is 1.19 bits per heavy atom. The molecule has 0 saturated heterocycles. The molecule has 0 spiro atoms. The van der Waals surface area contributed by atoms with Crippen molar-refractivity contribution in [3.05, 3.63) is 76.6 Å². The second kappa shape index (κ2) is 8.10. The number of methoxy groups -OCH3 is 1. The van der Waals surface area contributed by atoms with Crippen molar-refractivity contribution in [3.8, 4) is 11.5 Å². The Morgan fingerprint density at radius 2 is 1.94 bits per heavy atom. The van der Waals surface area contributed by atoms with Gasteiger partial charge in [-0.05, 0) is 69.7 Å². The highest BCUT2D eigenvalue weighted by Crippen LogP contribution is 2.41. The van der Waals surface area contributed by atoms with Crippen molar-refractivity contribution in [1.29, 1.82) is 0 Å². The number of hydrogen-bond acceptors (Lipinski definition) is 4. The lowest BCUT2D eigenvalue weighted by molar-refractivity contribution is 0.0618. The first kappa shape index (κ1) is 21.0. The normalized spacial score (nSPS) is 16.9. The summed E-state index contributed by atoms with van der Waals surface area (Å²) in [5.74, 6) is 1.42. The van der Waals surface area contributed by atoms with Crippen LogP contribution in [0.1, 0.15) is 59.2 Å². The zero-order valence-electron chi connectivity index (χ0n) is 18.7. The topological polar surface area (TPSA) is 65.4 Å². The Kier molecular flexibility index (Phi) is 5.48. The average molecular weight is 420 g/mol. The lowest BCUT2D eigenvalue weighted by atomic mass is 9.89. The van der Waals surface area contributed by atoms with E-state index in [4.69, 9.17) is 9.47 Å². The van der Waals surface area contributed by atoms with Gasteiger partial charge in [-0.25, -0.2) is 0 Å². The first-order valence-electron chi connectivity index (χ1n) is 10.5. The minimum atomic E-state index is -0.372. The summed E-state index contributed by atoms with van der Waals surface area (Å²) in [4.78, 5) is 13.0. The van der Waals surface area contributed by atoms with Gasteiger partial charge >= 0.3 is 0 Å². The molecule has 31 heavy (non-hydrogen) atoms. The number of amides is 1. The molecule has 4 rings (SSSR count). The number of hydrogen-bond donors (Lipinski definition) is 1. The van der Waals surface area contributed by atoms with Crippen LogP contribution in [0.3, 0.4) is 0 Å². The number of ether oxygens (including phenoxy) is 2. The number of nitrogens with zero attached hydrogens (tertiary/aromatic N) is 2. The molecule has 1 N–H and O–H groups in total. The van der Waals surface area contributed by atoms with E-state index in [0.29, 0.717) is 18.5 Å². The third kappa shape index (κ3) is 4.58. The van der Waals surface area contributed by atoms with Crippen molar-refractivity contribution < 1.29 is 14.3 Å². The molecule has 0 unspecified atom stereocenters. The van der Waals surface area contributed by atoms with Crippen LogP contribution >= 0.6 is 0 Å². The number of rotatable bonds is 5. The standard InChI is InChI=1S/C25H29N3O3/c1-16-12-17(2)28(27-16)15-18-6-8-19(9-7-18)24(29)26-22-14-25(3,4)31-23-11-10-20(30-5)13-21(22)23/h6-13,22H,14-15H2,1-5H3,(H,26,29)/t22-/m0/s1. The molecule has 6 heteroatoms. The highest BCUT2D eigenvalue weighted by atomic mass is 16.5. The summed E-state index contributed by atoms with van der Waals surface area (Å²) in [5.41, 5.74) is 4.42. The van der Waals surface area contributed by atoms with Gasteiger partial charge < -0.3 is 14.8 Å². The summed E-state index contributed by atoms with van der Waals surface area (Å²) in [6.07, 6.45) is 0.676. The molecule has 2 heterocycles. The van der Waals surface area contributed by atoms with Gasteiger partial charge in [0.05, 0.1) is 25.4 Å². The lowest BCUT2D eigenvalue weighted by Gasteiger charge is -2.38. The van der Waals surface area contributed by atoms with Crippen LogP contribution in [0.5, 0.6) is 11.5 Å². The van der Waals surface area contributed by atoms with Crippen LogP contribution in [0.25, 0.3) is 0 Å². The molecule has 0 aliphatic carbocycles. The molecule has 1 aromatic heterocycles. The molecular weight excluding hydrogens is 390 g/mol. The van der Waals surface area contributed by atoms with Crippen molar-refractivity contribution in [3.63, 3.8) is 0 Å². The summed E-state index contributed by atoms with van der Waals surface area (Å²) in [7, 11) is 1.64. The van der Waals surface area contributed by atoms with E-state index in [2.05, 4.69) is 16.5 Å².